The van der Waals surface area contributed by atoms with Crippen molar-refractivity contribution in [3.63, 3.8) is 0 Å². The Balaban J connectivity index is 1.98. The third-order valence-corrected chi connectivity index (χ3v) is 12.6. The lowest BCUT2D eigenvalue weighted by Gasteiger charge is -2.30. The monoisotopic (exact) mass is 971 g/mol. The Morgan fingerprint density at radius 2 is 1.84 bits per heavy atom. The SMILES string of the molecule is CCOc1cc(C(CC(=O)N(C)CI)N2Cc3cccc(NCC(CI)(CI)CI)c3C2=O)ccc1OC. The highest BCUT2D eigenvalue weighted by Crippen LogP contribution is 2.40. The fourth-order valence-corrected chi connectivity index (χ4v) is 10.2. The van der Waals surface area contributed by atoms with E-state index in [-0.39, 0.29) is 23.7 Å². The molecule has 0 saturated carbocycles. The van der Waals surface area contributed by atoms with Gasteiger partial charge in [-0.3, -0.25) is 9.59 Å². The first-order valence-corrected chi connectivity index (χ1v) is 18.3. The van der Waals surface area contributed by atoms with Gasteiger partial charge in [0.1, 0.15) is 0 Å². The number of rotatable bonds is 14. The highest BCUT2D eigenvalue weighted by Gasteiger charge is 2.37. The molecular formula is C27H33I4N3O4. The van der Waals surface area contributed by atoms with Crippen LogP contribution in [0.25, 0.3) is 0 Å². The number of ether oxygens (including phenoxy) is 2. The molecule has 1 atom stereocenters. The van der Waals surface area contributed by atoms with Gasteiger partial charge in [-0.15, -0.1) is 0 Å². The summed E-state index contributed by atoms with van der Waals surface area (Å²) in [4.78, 5) is 30.6. The lowest BCUT2D eigenvalue weighted by Crippen LogP contribution is -2.36. The quantitative estimate of drug-likeness (QED) is 0.129. The summed E-state index contributed by atoms with van der Waals surface area (Å²) in [5, 5.41) is 3.60. The number of hydrogen-bond acceptors (Lipinski definition) is 5. The number of carbonyl (C=O) groups excluding carboxylic acids is 2. The number of halogens is 4. The minimum atomic E-state index is -0.442. The average molecular weight is 971 g/mol. The molecule has 1 aliphatic heterocycles. The first kappa shape index (κ1) is 32.2. The van der Waals surface area contributed by atoms with Crippen molar-refractivity contribution in [2.24, 2.45) is 5.41 Å². The van der Waals surface area contributed by atoms with E-state index in [0.717, 1.165) is 36.6 Å². The molecule has 0 spiro atoms. The molecule has 7 nitrogen and oxygen atoms in total. The zero-order chi connectivity index (χ0) is 27.9. The van der Waals surface area contributed by atoms with Gasteiger partial charge in [0, 0.05) is 44.5 Å². The van der Waals surface area contributed by atoms with Crippen molar-refractivity contribution in [3.8, 4) is 11.5 Å². The number of fused-ring (bicyclic) bond motifs is 1. The van der Waals surface area contributed by atoms with Crippen molar-refractivity contribution in [1.29, 1.82) is 0 Å². The molecule has 2 aromatic rings. The van der Waals surface area contributed by atoms with Crippen LogP contribution in [-0.4, -0.2) is 66.8 Å². The molecule has 0 aromatic heterocycles. The van der Waals surface area contributed by atoms with E-state index in [1.165, 1.54) is 0 Å². The standard InChI is InChI=1S/C27H33I4N3O4/c1-4-38-23-10-18(8-9-22(23)37-3)21(11-24(35)33(2)17-31)34-12-19-6-5-7-20(25(19)26(34)36)32-16-27(13-28,14-29)15-30/h5-10,21,32H,4,11-17H2,1-3H3. The Hall–Kier alpha value is -0.300. The summed E-state index contributed by atoms with van der Waals surface area (Å²) in [6.45, 7) is 3.64. The molecule has 0 fully saturated rings. The molecule has 1 unspecified atom stereocenters. The van der Waals surface area contributed by atoms with Crippen LogP contribution in [0.4, 0.5) is 5.69 Å². The number of alkyl halides is 4. The van der Waals surface area contributed by atoms with E-state index in [2.05, 4.69) is 95.7 Å². The van der Waals surface area contributed by atoms with Crippen LogP contribution in [0.3, 0.4) is 0 Å². The van der Waals surface area contributed by atoms with Gasteiger partial charge in [0.15, 0.2) is 11.5 Å². The number of nitrogens with one attached hydrogen (secondary N) is 1. The zero-order valence-electron chi connectivity index (χ0n) is 21.7. The van der Waals surface area contributed by atoms with E-state index < -0.39 is 6.04 Å². The van der Waals surface area contributed by atoms with Gasteiger partial charge in [-0.1, -0.05) is 109 Å². The van der Waals surface area contributed by atoms with Gasteiger partial charge in [-0.05, 0) is 36.2 Å². The second-order valence-electron chi connectivity index (χ2n) is 9.30. The van der Waals surface area contributed by atoms with Crippen LogP contribution >= 0.6 is 90.4 Å². The number of anilines is 1. The molecule has 0 aliphatic carbocycles. The summed E-state index contributed by atoms with van der Waals surface area (Å²) in [5.74, 6) is 1.15. The fraction of sp³-hybridized carbons (Fsp3) is 0.481. The third-order valence-electron chi connectivity index (χ3n) is 6.69. The van der Waals surface area contributed by atoms with Crippen molar-refractivity contribution in [1.82, 2.24) is 9.80 Å². The molecule has 0 saturated heterocycles. The van der Waals surface area contributed by atoms with E-state index in [1.807, 2.05) is 48.2 Å². The van der Waals surface area contributed by atoms with Crippen LogP contribution in [0, 0.1) is 5.41 Å². The van der Waals surface area contributed by atoms with Gasteiger partial charge in [-0.25, -0.2) is 0 Å². The molecule has 3 rings (SSSR count). The van der Waals surface area contributed by atoms with E-state index in [0.29, 0.717) is 34.8 Å². The highest BCUT2D eigenvalue weighted by molar-refractivity contribution is 14.1. The van der Waals surface area contributed by atoms with Crippen LogP contribution in [0.15, 0.2) is 36.4 Å². The molecular weight excluding hydrogens is 938 g/mol. The van der Waals surface area contributed by atoms with Crippen LogP contribution in [0.1, 0.15) is 40.9 Å². The summed E-state index contributed by atoms with van der Waals surface area (Å²) in [5.41, 5.74) is 3.54. The van der Waals surface area contributed by atoms with Crippen LogP contribution in [0.5, 0.6) is 11.5 Å². The Morgan fingerprint density at radius 3 is 2.45 bits per heavy atom. The fourth-order valence-electron chi connectivity index (χ4n) is 4.28. The highest BCUT2D eigenvalue weighted by atomic mass is 127. The van der Waals surface area contributed by atoms with Crippen LogP contribution in [-0.2, 0) is 11.3 Å². The molecule has 0 radical (unpaired) electrons. The summed E-state index contributed by atoms with van der Waals surface area (Å²) < 4.78 is 15.0. The number of nitrogens with zero attached hydrogens (tertiary/aromatic N) is 2. The van der Waals surface area contributed by atoms with Crippen molar-refractivity contribution < 1.29 is 19.1 Å². The smallest absolute Gasteiger partial charge is 0.257 e. The minimum Gasteiger partial charge on any atom is -0.493 e. The topological polar surface area (TPSA) is 71.1 Å². The van der Waals surface area contributed by atoms with Gasteiger partial charge in [0.05, 0.1) is 36.3 Å². The van der Waals surface area contributed by atoms with Crippen molar-refractivity contribution in [2.45, 2.75) is 25.9 Å². The summed E-state index contributed by atoms with van der Waals surface area (Å²) in [7, 11) is 3.39. The predicted octanol–water partition coefficient (Wildman–Crippen LogP) is 6.74. The molecule has 1 aliphatic rings. The molecule has 0 bridgehead atoms. The van der Waals surface area contributed by atoms with E-state index in [1.54, 1.807) is 19.1 Å². The number of amides is 2. The molecule has 38 heavy (non-hydrogen) atoms. The summed E-state index contributed by atoms with van der Waals surface area (Å²) >= 11 is 9.55. The first-order valence-electron chi connectivity index (χ1n) is 12.2. The molecule has 2 amide bonds. The van der Waals surface area contributed by atoms with Gasteiger partial charge in [-0.2, -0.15) is 0 Å². The van der Waals surface area contributed by atoms with Gasteiger partial charge < -0.3 is 24.6 Å². The largest absolute Gasteiger partial charge is 0.493 e. The maximum atomic E-state index is 14.0. The van der Waals surface area contributed by atoms with E-state index in [9.17, 15) is 9.59 Å². The van der Waals surface area contributed by atoms with Crippen LogP contribution in [0.2, 0.25) is 0 Å². The maximum absolute atomic E-state index is 14.0. The molecule has 208 valence electrons. The van der Waals surface area contributed by atoms with Crippen LogP contribution < -0.4 is 14.8 Å². The predicted molar refractivity (Wildman–Crippen MR) is 187 cm³/mol. The summed E-state index contributed by atoms with van der Waals surface area (Å²) in [6, 6.07) is 11.2. The minimum absolute atomic E-state index is 0.0174. The number of carbonyl (C=O) groups is 2. The second kappa shape index (κ2) is 15.1. The zero-order valence-corrected chi connectivity index (χ0v) is 30.4. The maximum Gasteiger partial charge on any atom is 0.257 e. The Morgan fingerprint density at radius 1 is 1.13 bits per heavy atom. The first-order chi connectivity index (χ1) is 18.3. The molecule has 1 heterocycles. The van der Waals surface area contributed by atoms with Crippen molar-refractivity contribution in [2.75, 3.05) is 50.5 Å². The van der Waals surface area contributed by atoms with Gasteiger partial charge in [0.2, 0.25) is 5.91 Å². The van der Waals surface area contributed by atoms with Crippen molar-refractivity contribution >= 4 is 108 Å². The van der Waals surface area contributed by atoms with E-state index >= 15 is 0 Å². The Kier molecular flexibility index (Phi) is 12.8. The Bertz CT molecular complexity index is 1120. The molecule has 2 aromatic carbocycles. The summed E-state index contributed by atoms with van der Waals surface area (Å²) in [6.07, 6.45) is 0.182. The number of benzene rings is 2. The molecule has 11 heteroatoms. The average Bonchev–Trinajstić information content (AvgIpc) is 3.28. The van der Waals surface area contributed by atoms with E-state index in [4.69, 9.17) is 9.47 Å². The number of hydrogen-bond donors (Lipinski definition) is 1. The number of methoxy groups -OCH3 is 1. The normalized spacial score (nSPS) is 13.8. The van der Waals surface area contributed by atoms with Gasteiger partial charge in [0.25, 0.3) is 5.91 Å². The van der Waals surface area contributed by atoms with Crippen molar-refractivity contribution in [3.05, 3.63) is 53.1 Å². The second-order valence-corrected chi connectivity index (χ2v) is 12.3. The lowest BCUT2D eigenvalue weighted by molar-refractivity contribution is -0.130. The molecule has 1 N–H and O–H groups in total. The third kappa shape index (κ3) is 7.31. The lowest BCUT2D eigenvalue weighted by atomic mass is 9.96. The van der Waals surface area contributed by atoms with Gasteiger partial charge >= 0.3 is 0 Å². The Labute approximate surface area is 280 Å².